The molecule has 1 aromatic carbocycles. The normalized spacial score (nSPS) is 13.0. The van der Waals surface area contributed by atoms with Crippen molar-refractivity contribution in [1.29, 1.82) is 0 Å². The first-order valence-electron chi connectivity index (χ1n) is 7.09. The Bertz CT molecular complexity index is 441. The van der Waals surface area contributed by atoms with Crippen LogP contribution in [0.3, 0.4) is 0 Å². The van der Waals surface area contributed by atoms with Crippen LogP contribution in [0.25, 0.3) is 0 Å². The van der Waals surface area contributed by atoms with Crippen LogP contribution in [0.5, 0.6) is 0 Å². The maximum absolute atomic E-state index is 13.0. The van der Waals surface area contributed by atoms with Crippen molar-refractivity contribution in [2.75, 3.05) is 26.8 Å². The molecule has 5 heteroatoms. The molecule has 0 saturated carbocycles. The number of carbonyl (C=O) groups excluding carboxylic acids is 1. The van der Waals surface area contributed by atoms with E-state index < -0.39 is 0 Å². The van der Waals surface area contributed by atoms with Crippen LogP contribution in [0.4, 0.5) is 4.39 Å². The summed E-state index contributed by atoms with van der Waals surface area (Å²) in [6, 6.07) is 6.08. The highest BCUT2D eigenvalue weighted by molar-refractivity contribution is 5.78. The predicted molar refractivity (Wildman–Crippen MR) is 81.5 cm³/mol. The molecule has 1 unspecified atom stereocenters. The summed E-state index contributed by atoms with van der Waals surface area (Å²) in [6.07, 6.45) is 0. The number of hydrogen-bond donors (Lipinski definition) is 2. The van der Waals surface area contributed by atoms with Crippen molar-refractivity contribution in [1.82, 2.24) is 10.6 Å². The molecule has 4 nitrogen and oxygen atoms in total. The van der Waals surface area contributed by atoms with Gasteiger partial charge in [0.25, 0.3) is 0 Å². The number of nitrogens with one attached hydrogen (secondary N) is 2. The summed E-state index contributed by atoms with van der Waals surface area (Å²) in [6.45, 7) is 7.55. The number of ether oxygens (including phenoxy) is 1. The molecule has 1 atom stereocenters. The molecule has 21 heavy (non-hydrogen) atoms. The Labute approximate surface area is 126 Å². The Morgan fingerprint density at radius 2 is 1.90 bits per heavy atom. The molecular weight excluding hydrogens is 271 g/mol. The summed E-state index contributed by atoms with van der Waals surface area (Å²) < 4.78 is 17.9. The van der Waals surface area contributed by atoms with Crippen LogP contribution in [0.15, 0.2) is 24.3 Å². The molecule has 0 aliphatic carbocycles. The van der Waals surface area contributed by atoms with Gasteiger partial charge in [-0.15, -0.1) is 0 Å². The zero-order valence-corrected chi connectivity index (χ0v) is 13.2. The van der Waals surface area contributed by atoms with Gasteiger partial charge in [0.15, 0.2) is 0 Å². The molecule has 0 aromatic heterocycles. The standard InChI is InChI=1S/C16H25FN2O2/c1-16(2,3)15(12-5-7-13(17)8-6-12)19-14(20)11-18-9-10-21-4/h5-8,15,18H,9-11H2,1-4H3,(H,19,20). The molecule has 0 spiro atoms. The van der Waals surface area contributed by atoms with E-state index in [9.17, 15) is 9.18 Å². The van der Waals surface area contributed by atoms with Crippen molar-refractivity contribution < 1.29 is 13.9 Å². The minimum atomic E-state index is -0.279. The monoisotopic (exact) mass is 296 g/mol. The van der Waals surface area contributed by atoms with Crippen LogP contribution >= 0.6 is 0 Å². The summed E-state index contributed by atoms with van der Waals surface area (Å²) >= 11 is 0. The Kier molecular flexibility index (Phi) is 6.78. The van der Waals surface area contributed by atoms with Crippen LogP contribution < -0.4 is 10.6 Å². The second-order valence-electron chi connectivity index (χ2n) is 6.09. The van der Waals surface area contributed by atoms with Crippen molar-refractivity contribution in [2.45, 2.75) is 26.8 Å². The number of halogens is 1. The minimum Gasteiger partial charge on any atom is -0.383 e. The maximum Gasteiger partial charge on any atom is 0.234 e. The first kappa shape index (κ1) is 17.6. The van der Waals surface area contributed by atoms with Gasteiger partial charge in [0.05, 0.1) is 19.2 Å². The fourth-order valence-corrected chi connectivity index (χ4v) is 2.04. The summed E-state index contributed by atoms with van der Waals surface area (Å²) in [4.78, 5) is 12.0. The lowest BCUT2D eigenvalue weighted by molar-refractivity contribution is -0.121. The van der Waals surface area contributed by atoms with Gasteiger partial charge in [0.1, 0.15) is 5.82 Å². The molecule has 1 aromatic rings. The van der Waals surface area contributed by atoms with Crippen LogP contribution in [0.2, 0.25) is 0 Å². The molecule has 0 fully saturated rings. The van der Waals surface area contributed by atoms with Gasteiger partial charge in [-0.25, -0.2) is 4.39 Å². The van der Waals surface area contributed by atoms with Gasteiger partial charge in [-0.1, -0.05) is 32.9 Å². The fourth-order valence-electron chi connectivity index (χ4n) is 2.04. The number of rotatable bonds is 7. The van der Waals surface area contributed by atoms with Crippen molar-refractivity contribution in [3.63, 3.8) is 0 Å². The van der Waals surface area contributed by atoms with E-state index in [4.69, 9.17) is 4.74 Å². The molecule has 0 bridgehead atoms. The Hall–Kier alpha value is -1.46. The summed E-state index contributed by atoms with van der Waals surface area (Å²) in [5.74, 6) is -0.366. The van der Waals surface area contributed by atoms with E-state index in [1.165, 1.54) is 12.1 Å². The highest BCUT2D eigenvalue weighted by Gasteiger charge is 2.27. The fraction of sp³-hybridized carbons (Fsp3) is 0.562. The topological polar surface area (TPSA) is 50.4 Å². The first-order valence-corrected chi connectivity index (χ1v) is 7.09. The number of amides is 1. The van der Waals surface area contributed by atoms with Gasteiger partial charge in [-0.2, -0.15) is 0 Å². The Morgan fingerprint density at radius 3 is 2.43 bits per heavy atom. The van der Waals surface area contributed by atoms with E-state index in [0.717, 1.165) is 5.56 Å². The third-order valence-corrected chi connectivity index (χ3v) is 3.14. The predicted octanol–water partition coefficient (Wildman–Crippen LogP) is 2.27. The van der Waals surface area contributed by atoms with E-state index in [-0.39, 0.29) is 29.7 Å². The van der Waals surface area contributed by atoms with Crippen molar-refractivity contribution in [3.05, 3.63) is 35.6 Å². The molecule has 0 saturated heterocycles. The zero-order chi connectivity index (χ0) is 15.9. The van der Waals surface area contributed by atoms with E-state index in [2.05, 4.69) is 10.6 Å². The molecule has 0 aliphatic heterocycles. The number of benzene rings is 1. The first-order chi connectivity index (χ1) is 9.84. The maximum atomic E-state index is 13.0. The number of hydrogen-bond acceptors (Lipinski definition) is 3. The van der Waals surface area contributed by atoms with Gasteiger partial charge >= 0.3 is 0 Å². The smallest absolute Gasteiger partial charge is 0.234 e. The van der Waals surface area contributed by atoms with E-state index in [1.807, 2.05) is 20.8 Å². The highest BCUT2D eigenvalue weighted by atomic mass is 19.1. The molecule has 0 radical (unpaired) electrons. The quantitative estimate of drug-likeness (QED) is 0.759. The lowest BCUT2D eigenvalue weighted by Crippen LogP contribution is -2.41. The van der Waals surface area contributed by atoms with Gasteiger partial charge in [-0.3, -0.25) is 4.79 Å². The third kappa shape index (κ3) is 6.23. The third-order valence-electron chi connectivity index (χ3n) is 3.14. The average Bonchev–Trinajstić information content (AvgIpc) is 2.41. The zero-order valence-electron chi connectivity index (χ0n) is 13.2. The van der Waals surface area contributed by atoms with Crippen molar-refractivity contribution >= 4 is 5.91 Å². The molecule has 1 amide bonds. The SMILES string of the molecule is COCCNCC(=O)NC(c1ccc(F)cc1)C(C)(C)C. The van der Waals surface area contributed by atoms with E-state index in [0.29, 0.717) is 13.2 Å². The van der Waals surface area contributed by atoms with E-state index in [1.54, 1.807) is 19.2 Å². The second-order valence-corrected chi connectivity index (χ2v) is 6.09. The summed E-state index contributed by atoms with van der Waals surface area (Å²) in [7, 11) is 1.62. The number of methoxy groups -OCH3 is 1. The van der Waals surface area contributed by atoms with Gasteiger partial charge in [-0.05, 0) is 23.1 Å². The van der Waals surface area contributed by atoms with Crippen LogP contribution in [-0.2, 0) is 9.53 Å². The van der Waals surface area contributed by atoms with Crippen LogP contribution in [0.1, 0.15) is 32.4 Å². The highest BCUT2D eigenvalue weighted by Crippen LogP contribution is 2.32. The lowest BCUT2D eigenvalue weighted by atomic mass is 9.82. The molecular formula is C16H25FN2O2. The minimum absolute atomic E-state index is 0.0876. The Balaban J connectivity index is 2.67. The summed E-state index contributed by atoms with van der Waals surface area (Å²) in [5, 5.41) is 6.01. The van der Waals surface area contributed by atoms with E-state index >= 15 is 0 Å². The second kappa shape index (κ2) is 8.10. The van der Waals surface area contributed by atoms with Crippen molar-refractivity contribution in [2.24, 2.45) is 5.41 Å². The van der Waals surface area contributed by atoms with Gasteiger partial charge < -0.3 is 15.4 Å². The Morgan fingerprint density at radius 1 is 1.29 bits per heavy atom. The van der Waals surface area contributed by atoms with Gasteiger partial charge in [0, 0.05) is 13.7 Å². The average molecular weight is 296 g/mol. The largest absolute Gasteiger partial charge is 0.383 e. The molecule has 0 heterocycles. The van der Waals surface area contributed by atoms with Crippen LogP contribution in [-0.4, -0.2) is 32.7 Å². The van der Waals surface area contributed by atoms with Crippen molar-refractivity contribution in [3.8, 4) is 0 Å². The molecule has 118 valence electrons. The molecule has 0 aliphatic rings. The molecule has 2 N–H and O–H groups in total. The lowest BCUT2D eigenvalue weighted by Gasteiger charge is -2.32. The van der Waals surface area contributed by atoms with Crippen LogP contribution in [0, 0.1) is 11.2 Å². The number of carbonyl (C=O) groups is 1. The van der Waals surface area contributed by atoms with Gasteiger partial charge in [0.2, 0.25) is 5.91 Å². The summed E-state index contributed by atoms with van der Waals surface area (Å²) in [5.41, 5.74) is 0.731. The molecule has 1 rings (SSSR count).